The third-order valence-corrected chi connectivity index (χ3v) is 4.48. The maximum Gasteiger partial charge on any atom is 0.338 e. The molecule has 1 N–H and O–H groups in total. The largest absolute Gasteiger partial charge is 0.486 e. The van der Waals surface area contributed by atoms with Gasteiger partial charge >= 0.3 is 5.97 Å². The van der Waals surface area contributed by atoms with Gasteiger partial charge in [-0.3, -0.25) is 9.59 Å². The average molecular weight is 412 g/mol. The zero-order valence-electron chi connectivity index (χ0n) is 17.0. The van der Waals surface area contributed by atoms with Crippen LogP contribution in [0.15, 0.2) is 42.5 Å². The molecule has 0 atom stereocenters. The molecule has 0 unspecified atom stereocenters. The molecule has 3 rings (SSSR count). The van der Waals surface area contributed by atoms with Crippen LogP contribution in [-0.2, 0) is 20.9 Å². The summed E-state index contributed by atoms with van der Waals surface area (Å²) in [6.07, 6.45) is 0. The Balaban J connectivity index is 1.54. The number of nitrogens with zero attached hydrogens (tertiary/aromatic N) is 1. The second kappa shape index (κ2) is 9.78. The molecule has 1 heterocycles. The van der Waals surface area contributed by atoms with Gasteiger partial charge in [-0.15, -0.1) is 0 Å². The van der Waals surface area contributed by atoms with Gasteiger partial charge in [0.25, 0.3) is 5.91 Å². The average Bonchev–Trinajstić information content (AvgIpc) is 2.75. The van der Waals surface area contributed by atoms with Crippen molar-refractivity contribution < 1.29 is 28.6 Å². The summed E-state index contributed by atoms with van der Waals surface area (Å²) in [5.74, 6) is 0.256. The summed E-state index contributed by atoms with van der Waals surface area (Å²) in [5.41, 5.74) is 1.77. The number of likely N-dealkylation sites (N-methyl/N-ethyl adjacent to an activating group) is 1. The molecule has 158 valence electrons. The van der Waals surface area contributed by atoms with Crippen LogP contribution in [0.4, 0.5) is 5.69 Å². The van der Waals surface area contributed by atoms with Gasteiger partial charge in [0.15, 0.2) is 18.1 Å². The first-order valence-corrected chi connectivity index (χ1v) is 9.67. The van der Waals surface area contributed by atoms with Crippen LogP contribution in [0.2, 0.25) is 0 Å². The molecular weight excluding hydrogens is 388 g/mol. The van der Waals surface area contributed by atoms with Crippen LogP contribution in [-0.4, -0.2) is 49.0 Å². The van der Waals surface area contributed by atoms with E-state index in [1.807, 2.05) is 25.1 Å². The summed E-state index contributed by atoms with van der Waals surface area (Å²) in [5, 5.41) is 2.62. The molecule has 8 nitrogen and oxygen atoms in total. The van der Waals surface area contributed by atoms with E-state index in [-0.39, 0.29) is 18.4 Å². The van der Waals surface area contributed by atoms with E-state index < -0.39 is 5.97 Å². The molecular formula is C22H24N2O6. The molecule has 8 heteroatoms. The first-order valence-electron chi connectivity index (χ1n) is 9.67. The predicted octanol–water partition coefficient (Wildman–Crippen LogP) is 2.62. The quantitative estimate of drug-likeness (QED) is 0.703. The van der Waals surface area contributed by atoms with Crippen molar-refractivity contribution in [2.75, 3.05) is 31.7 Å². The standard InChI is InChI=1S/C22H24N2O6/c1-3-24(13-16-4-9-19-20(12-16)29-11-10-28-19)21(26)14-30-22(27)17-5-7-18(8-6-17)23-15(2)25/h4-9,12H,3,10-11,13-14H2,1-2H3,(H,23,25). The van der Waals surface area contributed by atoms with Gasteiger partial charge in [-0.1, -0.05) is 6.07 Å². The van der Waals surface area contributed by atoms with Crippen molar-refractivity contribution in [3.05, 3.63) is 53.6 Å². The fourth-order valence-electron chi connectivity index (χ4n) is 2.98. The first-order chi connectivity index (χ1) is 14.5. The van der Waals surface area contributed by atoms with Crippen LogP contribution in [0.25, 0.3) is 0 Å². The van der Waals surface area contributed by atoms with E-state index in [4.69, 9.17) is 14.2 Å². The van der Waals surface area contributed by atoms with Crippen molar-refractivity contribution in [1.82, 2.24) is 4.90 Å². The molecule has 0 spiro atoms. The van der Waals surface area contributed by atoms with Crippen molar-refractivity contribution in [1.29, 1.82) is 0 Å². The van der Waals surface area contributed by atoms with Gasteiger partial charge < -0.3 is 24.4 Å². The second-order valence-electron chi connectivity index (χ2n) is 6.72. The summed E-state index contributed by atoms with van der Waals surface area (Å²) in [6.45, 7) is 4.76. The van der Waals surface area contributed by atoms with Crippen molar-refractivity contribution >= 4 is 23.5 Å². The number of nitrogens with one attached hydrogen (secondary N) is 1. The highest BCUT2D eigenvalue weighted by Crippen LogP contribution is 2.31. The van der Waals surface area contributed by atoms with E-state index in [2.05, 4.69) is 5.32 Å². The molecule has 0 radical (unpaired) electrons. The second-order valence-corrected chi connectivity index (χ2v) is 6.72. The summed E-state index contributed by atoms with van der Waals surface area (Å²) in [4.78, 5) is 37.4. The highest BCUT2D eigenvalue weighted by Gasteiger charge is 2.18. The number of rotatable bonds is 7. The Labute approximate surface area is 174 Å². The van der Waals surface area contributed by atoms with E-state index in [0.717, 1.165) is 5.56 Å². The highest BCUT2D eigenvalue weighted by atomic mass is 16.6. The van der Waals surface area contributed by atoms with Crippen molar-refractivity contribution in [3.63, 3.8) is 0 Å². The van der Waals surface area contributed by atoms with Crippen molar-refractivity contribution in [3.8, 4) is 11.5 Å². The Morgan fingerprint density at radius 3 is 2.40 bits per heavy atom. The molecule has 0 aliphatic carbocycles. The number of benzene rings is 2. The molecule has 1 aliphatic heterocycles. The number of anilines is 1. The predicted molar refractivity (Wildman–Crippen MR) is 110 cm³/mol. The molecule has 0 saturated heterocycles. The number of ether oxygens (including phenoxy) is 3. The van der Waals surface area contributed by atoms with Gasteiger partial charge in [0.2, 0.25) is 5.91 Å². The molecule has 2 aromatic rings. The van der Waals surface area contributed by atoms with E-state index in [1.165, 1.54) is 19.1 Å². The Morgan fingerprint density at radius 2 is 1.73 bits per heavy atom. The smallest absolute Gasteiger partial charge is 0.338 e. The number of hydrogen-bond acceptors (Lipinski definition) is 6. The topological polar surface area (TPSA) is 94.2 Å². The van der Waals surface area contributed by atoms with E-state index in [9.17, 15) is 14.4 Å². The third-order valence-electron chi connectivity index (χ3n) is 4.48. The summed E-state index contributed by atoms with van der Waals surface area (Å²) < 4.78 is 16.2. The summed E-state index contributed by atoms with van der Waals surface area (Å²) in [6, 6.07) is 11.8. The van der Waals surface area contributed by atoms with Crippen molar-refractivity contribution in [2.24, 2.45) is 0 Å². The van der Waals surface area contributed by atoms with Gasteiger partial charge in [0.05, 0.1) is 5.56 Å². The van der Waals surface area contributed by atoms with Crippen LogP contribution < -0.4 is 14.8 Å². The maximum absolute atomic E-state index is 12.5. The van der Waals surface area contributed by atoms with Crippen LogP contribution in [0.1, 0.15) is 29.8 Å². The van der Waals surface area contributed by atoms with Crippen LogP contribution in [0.3, 0.4) is 0 Å². The van der Waals surface area contributed by atoms with Crippen molar-refractivity contribution in [2.45, 2.75) is 20.4 Å². The minimum Gasteiger partial charge on any atom is -0.486 e. The summed E-state index contributed by atoms with van der Waals surface area (Å²) >= 11 is 0. The molecule has 0 bridgehead atoms. The zero-order valence-corrected chi connectivity index (χ0v) is 17.0. The minimum absolute atomic E-state index is 0.200. The Kier molecular flexibility index (Phi) is 6.90. The monoisotopic (exact) mass is 412 g/mol. The molecule has 0 aromatic heterocycles. The molecule has 0 fully saturated rings. The molecule has 2 amide bonds. The minimum atomic E-state index is -0.604. The molecule has 1 aliphatic rings. The van der Waals surface area contributed by atoms with E-state index in [1.54, 1.807) is 17.0 Å². The zero-order chi connectivity index (χ0) is 21.5. The fourth-order valence-corrected chi connectivity index (χ4v) is 2.98. The molecule has 0 saturated carbocycles. The lowest BCUT2D eigenvalue weighted by molar-refractivity contribution is -0.135. The SMILES string of the molecule is CCN(Cc1ccc2c(c1)OCCO2)C(=O)COC(=O)c1ccc(NC(C)=O)cc1. The first kappa shape index (κ1) is 21.2. The number of hydrogen-bond donors (Lipinski definition) is 1. The van der Waals surface area contributed by atoms with Crippen LogP contribution in [0.5, 0.6) is 11.5 Å². The Morgan fingerprint density at radius 1 is 1.03 bits per heavy atom. The normalized spacial score (nSPS) is 12.1. The van der Waals surface area contributed by atoms with Gasteiger partial charge in [0, 0.05) is 25.7 Å². The van der Waals surface area contributed by atoms with Gasteiger partial charge in [0.1, 0.15) is 13.2 Å². The van der Waals surface area contributed by atoms with Gasteiger partial charge in [-0.2, -0.15) is 0 Å². The number of fused-ring (bicyclic) bond motifs is 1. The molecule has 2 aromatic carbocycles. The van der Waals surface area contributed by atoms with E-state index in [0.29, 0.717) is 49.1 Å². The number of esters is 1. The molecule has 30 heavy (non-hydrogen) atoms. The van der Waals surface area contributed by atoms with Gasteiger partial charge in [-0.25, -0.2) is 4.79 Å². The van der Waals surface area contributed by atoms with E-state index >= 15 is 0 Å². The van der Waals surface area contributed by atoms with Crippen LogP contribution >= 0.6 is 0 Å². The highest BCUT2D eigenvalue weighted by molar-refractivity contribution is 5.93. The maximum atomic E-state index is 12.5. The summed E-state index contributed by atoms with van der Waals surface area (Å²) in [7, 11) is 0. The fraction of sp³-hybridized carbons (Fsp3) is 0.318. The van der Waals surface area contributed by atoms with Crippen LogP contribution in [0, 0.1) is 0 Å². The third kappa shape index (κ3) is 5.50. The lowest BCUT2D eigenvalue weighted by atomic mass is 10.1. The Bertz CT molecular complexity index is 926. The number of carbonyl (C=O) groups excluding carboxylic acids is 3. The van der Waals surface area contributed by atoms with Gasteiger partial charge in [-0.05, 0) is 48.9 Å². The number of amides is 2. The number of carbonyl (C=O) groups is 3. The lowest BCUT2D eigenvalue weighted by Gasteiger charge is -2.23. The Hall–Kier alpha value is -3.55. The lowest BCUT2D eigenvalue weighted by Crippen LogP contribution is -2.34.